The monoisotopic (exact) mass is 633 g/mol. The molecule has 0 atom stereocenters. The number of hydrogen-bond acceptors (Lipinski definition) is 7. The van der Waals surface area contributed by atoms with Crippen molar-refractivity contribution in [3.05, 3.63) is 144 Å². The summed E-state index contributed by atoms with van der Waals surface area (Å²) in [6.07, 6.45) is 3.66. The standard InChI is InChI=1S/C39H35N7O2/c1-27-13-14-31(38(48)46-22-20-45(21-23-46)26-28-8-7-19-40-25-28)24-35(27)42-37(47)30-15-17-32(18-16-30)41-39-43-34-12-6-5-11-33(34)36(44-39)29-9-3-2-4-10-29/h2-19,24-25H,20-23,26H2,1H3,(H,42,47)(H,41,43,44). The van der Waals surface area contributed by atoms with Gasteiger partial charge in [-0.25, -0.2) is 9.97 Å². The number of hydrogen-bond donors (Lipinski definition) is 2. The zero-order valence-electron chi connectivity index (χ0n) is 26.6. The van der Waals surface area contributed by atoms with Gasteiger partial charge in [-0.05, 0) is 66.6 Å². The Hall–Kier alpha value is -5.93. The van der Waals surface area contributed by atoms with Crippen LogP contribution < -0.4 is 10.6 Å². The maximum atomic E-state index is 13.4. The molecule has 0 unspecified atom stereocenters. The highest BCUT2D eigenvalue weighted by atomic mass is 16.2. The average molecular weight is 634 g/mol. The lowest BCUT2D eigenvalue weighted by molar-refractivity contribution is 0.0628. The number of para-hydroxylation sites is 1. The SMILES string of the molecule is Cc1ccc(C(=O)N2CCN(Cc3cccnc3)CC2)cc1NC(=O)c1ccc(Nc2nc(-c3ccccc3)c3ccccc3n2)cc1. The van der Waals surface area contributed by atoms with E-state index in [0.717, 1.165) is 53.0 Å². The van der Waals surface area contributed by atoms with E-state index in [4.69, 9.17) is 9.97 Å². The lowest BCUT2D eigenvalue weighted by Crippen LogP contribution is -2.48. The summed E-state index contributed by atoms with van der Waals surface area (Å²) in [6.45, 7) is 5.62. The molecule has 9 heteroatoms. The number of aromatic nitrogens is 3. The van der Waals surface area contributed by atoms with E-state index in [1.165, 1.54) is 5.56 Å². The van der Waals surface area contributed by atoms with E-state index in [9.17, 15) is 9.59 Å². The van der Waals surface area contributed by atoms with Crippen LogP contribution in [0.15, 0.2) is 122 Å². The van der Waals surface area contributed by atoms with Crippen molar-refractivity contribution in [2.45, 2.75) is 13.5 Å². The second-order valence-electron chi connectivity index (χ2n) is 11.9. The summed E-state index contributed by atoms with van der Waals surface area (Å²) in [5, 5.41) is 7.27. The molecule has 0 saturated carbocycles. The van der Waals surface area contributed by atoms with Crippen molar-refractivity contribution in [1.29, 1.82) is 0 Å². The van der Waals surface area contributed by atoms with Gasteiger partial charge in [0.05, 0.1) is 11.2 Å². The van der Waals surface area contributed by atoms with Crippen LogP contribution in [-0.4, -0.2) is 62.7 Å². The second kappa shape index (κ2) is 13.8. The van der Waals surface area contributed by atoms with E-state index >= 15 is 0 Å². The quantitative estimate of drug-likeness (QED) is 0.187. The van der Waals surface area contributed by atoms with E-state index in [2.05, 4.69) is 26.6 Å². The molecule has 1 saturated heterocycles. The van der Waals surface area contributed by atoms with Crippen molar-refractivity contribution < 1.29 is 9.59 Å². The maximum absolute atomic E-state index is 13.4. The molecule has 0 aliphatic carbocycles. The van der Waals surface area contributed by atoms with Crippen LogP contribution in [0.4, 0.5) is 17.3 Å². The number of fused-ring (bicyclic) bond motifs is 1. The first-order chi connectivity index (χ1) is 23.5. The highest BCUT2D eigenvalue weighted by Gasteiger charge is 2.23. The molecule has 6 aromatic rings. The molecular formula is C39H35N7O2. The first kappa shape index (κ1) is 30.7. The molecule has 2 N–H and O–H groups in total. The molecule has 0 bridgehead atoms. The van der Waals surface area contributed by atoms with Gasteiger partial charge in [0, 0.05) is 78.6 Å². The van der Waals surface area contributed by atoms with Gasteiger partial charge in [-0.3, -0.25) is 19.5 Å². The number of benzene rings is 4. The minimum atomic E-state index is -0.258. The van der Waals surface area contributed by atoms with Gasteiger partial charge in [0.1, 0.15) is 0 Å². The molecule has 0 spiro atoms. The van der Waals surface area contributed by atoms with Gasteiger partial charge in [-0.15, -0.1) is 0 Å². The van der Waals surface area contributed by atoms with E-state index < -0.39 is 0 Å². The molecule has 0 radical (unpaired) electrons. The fourth-order valence-corrected chi connectivity index (χ4v) is 5.91. The fourth-order valence-electron chi connectivity index (χ4n) is 5.91. The highest BCUT2D eigenvalue weighted by molar-refractivity contribution is 6.06. The van der Waals surface area contributed by atoms with Gasteiger partial charge in [-0.1, -0.05) is 60.7 Å². The summed E-state index contributed by atoms with van der Waals surface area (Å²) >= 11 is 0. The van der Waals surface area contributed by atoms with E-state index in [-0.39, 0.29) is 11.8 Å². The first-order valence-corrected chi connectivity index (χ1v) is 16.0. The Morgan fingerprint density at radius 3 is 2.29 bits per heavy atom. The topological polar surface area (TPSA) is 103 Å². The minimum absolute atomic E-state index is 0.0340. The Bertz CT molecular complexity index is 2060. The van der Waals surface area contributed by atoms with Crippen LogP contribution >= 0.6 is 0 Å². The van der Waals surface area contributed by atoms with Gasteiger partial charge in [0.2, 0.25) is 5.95 Å². The number of pyridine rings is 1. The number of amides is 2. The number of rotatable bonds is 8. The summed E-state index contributed by atoms with van der Waals surface area (Å²) in [4.78, 5) is 44.7. The van der Waals surface area contributed by atoms with Crippen LogP contribution in [0.2, 0.25) is 0 Å². The number of nitrogens with zero attached hydrogens (tertiary/aromatic N) is 5. The number of carbonyl (C=O) groups excluding carboxylic acids is 2. The highest BCUT2D eigenvalue weighted by Crippen LogP contribution is 2.28. The van der Waals surface area contributed by atoms with Crippen molar-refractivity contribution in [2.24, 2.45) is 0 Å². The number of anilines is 3. The van der Waals surface area contributed by atoms with E-state index in [1.807, 2.05) is 103 Å². The molecule has 3 heterocycles. The fraction of sp³-hybridized carbons (Fsp3) is 0.154. The van der Waals surface area contributed by atoms with Gasteiger partial charge >= 0.3 is 0 Å². The number of nitrogens with one attached hydrogen (secondary N) is 2. The lowest BCUT2D eigenvalue weighted by atomic mass is 10.1. The number of piperazine rings is 1. The normalized spacial score (nSPS) is 13.3. The average Bonchev–Trinajstić information content (AvgIpc) is 3.13. The Morgan fingerprint density at radius 2 is 1.52 bits per heavy atom. The Morgan fingerprint density at radius 1 is 0.771 bits per heavy atom. The molecule has 2 amide bonds. The summed E-state index contributed by atoms with van der Waals surface area (Å²) in [7, 11) is 0. The zero-order valence-corrected chi connectivity index (χ0v) is 26.6. The maximum Gasteiger partial charge on any atom is 0.255 e. The lowest BCUT2D eigenvalue weighted by Gasteiger charge is -2.34. The van der Waals surface area contributed by atoms with Crippen molar-refractivity contribution in [2.75, 3.05) is 36.8 Å². The van der Waals surface area contributed by atoms with Crippen molar-refractivity contribution in [3.63, 3.8) is 0 Å². The van der Waals surface area contributed by atoms with Crippen LogP contribution in [0, 0.1) is 6.92 Å². The molecule has 48 heavy (non-hydrogen) atoms. The predicted octanol–water partition coefficient (Wildman–Crippen LogP) is 6.95. The minimum Gasteiger partial charge on any atom is -0.336 e. The molecule has 9 nitrogen and oxygen atoms in total. The van der Waals surface area contributed by atoms with Crippen molar-refractivity contribution >= 4 is 40.0 Å². The summed E-state index contributed by atoms with van der Waals surface area (Å²) in [6, 6.07) is 34.6. The summed E-state index contributed by atoms with van der Waals surface area (Å²) in [5.41, 5.74) is 7.15. The summed E-state index contributed by atoms with van der Waals surface area (Å²) < 4.78 is 0. The van der Waals surface area contributed by atoms with E-state index in [0.29, 0.717) is 35.9 Å². The number of carbonyl (C=O) groups is 2. The van der Waals surface area contributed by atoms with Gasteiger partial charge < -0.3 is 15.5 Å². The van der Waals surface area contributed by atoms with Crippen LogP contribution in [0.3, 0.4) is 0 Å². The smallest absolute Gasteiger partial charge is 0.255 e. The third kappa shape index (κ3) is 6.91. The third-order valence-electron chi connectivity index (χ3n) is 8.57. The van der Waals surface area contributed by atoms with Crippen molar-refractivity contribution in [3.8, 4) is 11.3 Å². The molecule has 1 aliphatic heterocycles. The second-order valence-corrected chi connectivity index (χ2v) is 11.9. The molecule has 7 rings (SSSR count). The Balaban J connectivity index is 1.00. The summed E-state index contributed by atoms with van der Waals surface area (Å²) in [5.74, 6) is 0.177. The van der Waals surface area contributed by atoms with E-state index in [1.54, 1.807) is 24.4 Å². The number of aryl methyl sites for hydroxylation is 1. The first-order valence-electron chi connectivity index (χ1n) is 16.0. The van der Waals surface area contributed by atoms with Crippen LogP contribution in [0.5, 0.6) is 0 Å². The largest absolute Gasteiger partial charge is 0.336 e. The van der Waals surface area contributed by atoms with Crippen LogP contribution in [-0.2, 0) is 6.54 Å². The Kier molecular flexibility index (Phi) is 8.84. The molecule has 1 fully saturated rings. The molecule has 1 aliphatic rings. The third-order valence-corrected chi connectivity index (χ3v) is 8.57. The van der Waals surface area contributed by atoms with Crippen molar-refractivity contribution in [1.82, 2.24) is 24.8 Å². The molecule has 2 aromatic heterocycles. The zero-order chi connectivity index (χ0) is 32.9. The van der Waals surface area contributed by atoms with Crippen LogP contribution in [0.1, 0.15) is 31.8 Å². The molecular weight excluding hydrogens is 598 g/mol. The van der Waals surface area contributed by atoms with Gasteiger partial charge in [0.25, 0.3) is 11.8 Å². The molecule has 4 aromatic carbocycles. The predicted molar refractivity (Wildman–Crippen MR) is 189 cm³/mol. The Labute approximate surface area is 279 Å². The van der Waals surface area contributed by atoms with Gasteiger partial charge in [-0.2, -0.15) is 0 Å². The van der Waals surface area contributed by atoms with Crippen LogP contribution in [0.25, 0.3) is 22.2 Å². The molecule has 238 valence electrons. The van der Waals surface area contributed by atoms with Gasteiger partial charge in [0.15, 0.2) is 0 Å².